The lowest BCUT2D eigenvalue weighted by molar-refractivity contribution is -0.901. The van der Waals surface area contributed by atoms with E-state index in [1.807, 2.05) is 0 Å². The molecule has 4 rings (SSSR count). The number of carboxylic acid groups (broad SMARTS) is 1. The summed E-state index contributed by atoms with van der Waals surface area (Å²) < 4.78 is 12.3. The third kappa shape index (κ3) is 4.70. The Hall–Kier alpha value is -2.34. The van der Waals surface area contributed by atoms with Gasteiger partial charge >= 0.3 is 13.1 Å². The molecule has 2 saturated heterocycles. The Morgan fingerprint density at radius 1 is 1.28 bits per heavy atom. The maximum Gasteiger partial charge on any atom is 0.455 e. The average molecular weight is 449 g/mol. The van der Waals surface area contributed by atoms with Crippen LogP contribution in [-0.4, -0.2) is 108 Å². The number of carbonyl (C=O) groups is 2. The molecule has 0 spiro atoms. The van der Waals surface area contributed by atoms with E-state index in [9.17, 15) is 29.9 Å². The van der Waals surface area contributed by atoms with Gasteiger partial charge in [0.25, 0.3) is 0 Å². The second kappa shape index (κ2) is 8.55. The van der Waals surface area contributed by atoms with Crippen molar-refractivity contribution in [2.24, 2.45) is 0 Å². The summed E-state index contributed by atoms with van der Waals surface area (Å²) in [6, 6.07) is 3.05. The fraction of sp³-hybridized carbons (Fsp3) is 0.619. The molecule has 3 fully saturated rings. The van der Waals surface area contributed by atoms with Crippen molar-refractivity contribution in [1.82, 2.24) is 4.90 Å². The highest BCUT2D eigenvalue weighted by Crippen LogP contribution is 2.56. The molecule has 2 heterocycles. The zero-order valence-electron chi connectivity index (χ0n) is 18.3. The van der Waals surface area contributed by atoms with Crippen LogP contribution in [0.5, 0.6) is 11.5 Å². The van der Waals surface area contributed by atoms with Crippen LogP contribution in [0.4, 0.5) is 0 Å². The molecule has 3 aliphatic rings. The maximum absolute atomic E-state index is 12.6. The van der Waals surface area contributed by atoms with E-state index in [0.717, 1.165) is 17.6 Å². The van der Waals surface area contributed by atoms with Gasteiger partial charge in [-0.2, -0.15) is 0 Å². The molecule has 4 N–H and O–H groups in total. The number of likely N-dealkylation sites (tertiary alicyclic amines) is 1. The Morgan fingerprint density at radius 2 is 2.00 bits per heavy atom. The number of nitrogens with zero attached hydrogens (tertiary/aromatic N) is 2. The topological polar surface area (TPSA) is 137 Å². The van der Waals surface area contributed by atoms with Crippen molar-refractivity contribution in [2.45, 2.75) is 36.8 Å². The minimum absolute atomic E-state index is 0.0178. The number of morpholine rings is 1. The number of carbonyl (C=O) groups excluding carboxylic acids is 1. The Labute approximate surface area is 186 Å². The minimum atomic E-state index is -1.51. The first-order chi connectivity index (χ1) is 15.1. The molecule has 32 heavy (non-hydrogen) atoms. The molecule has 0 bridgehead atoms. The number of likely N-dealkylation sites (N-methyl/N-ethyl adjacent to an activating group) is 1. The Bertz CT molecular complexity index is 902. The molecule has 0 unspecified atom stereocenters. The number of carboxylic acids is 1. The number of aromatic hydroxyl groups is 1. The molecule has 0 radical (unpaired) electrons. The zero-order chi connectivity index (χ0) is 23.2. The van der Waals surface area contributed by atoms with Crippen LogP contribution in [0, 0.1) is 0 Å². The normalized spacial score (nSPS) is 26.9. The SMILES string of the molecule is C[N+]1(C)CCO[C@@H](CC(=O)N2CC(Oc3ccc([C@H]4C[C@H]4B(O)O)c(O)c3C(=O)O)C2)C1. The molecule has 1 aromatic carbocycles. The molecular weight excluding hydrogens is 419 g/mol. The van der Waals surface area contributed by atoms with E-state index in [1.54, 1.807) is 11.0 Å². The molecule has 174 valence electrons. The van der Waals surface area contributed by atoms with Crippen molar-refractivity contribution in [2.75, 3.05) is 46.9 Å². The van der Waals surface area contributed by atoms with Crippen molar-refractivity contribution in [3.8, 4) is 11.5 Å². The third-order valence-electron chi connectivity index (χ3n) is 6.65. The van der Waals surface area contributed by atoms with E-state index in [-0.39, 0.29) is 35.3 Å². The Morgan fingerprint density at radius 3 is 2.59 bits per heavy atom. The summed E-state index contributed by atoms with van der Waals surface area (Å²) in [7, 11) is 2.72. The first-order valence-electron chi connectivity index (χ1n) is 10.9. The summed E-state index contributed by atoms with van der Waals surface area (Å²) >= 11 is 0. The van der Waals surface area contributed by atoms with Gasteiger partial charge in [0.2, 0.25) is 5.91 Å². The van der Waals surface area contributed by atoms with E-state index in [0.29, 0.717) is 38.1 Å². The van der Waals surface area contributed by atoms with Crippen molar-refractivity contribution < 1.29 is 43.8 Å². The molecule has 1 saturated carbocycles. The first-order valence-corrected chi connectivity index (χ1v) is 10.9. The van der Waals surface area contributed by atoms with E-state index in [4.69, 9.17) is 9.47 Å². The highest BCUT2D eigenvalue weighted by atomic mass is 16.5. The van der Waals surface area contributed by atoms with Gasteiger partial charge in [0, 0.05) is 5.82 Å². The van der Waals surface area contributed by atoms with Crippen LogP contribution >= 0.6 is 0 Å². The van der Waals surface area contributed by atoms with Gasteiger partial charge in [0.1, 0.15) is 42.4 Å². The molecule has 1 aliphatic carbocycles. The lowest BCUT2D eigenvalue weighted by Crippen LogP contribution is -2.58. The summed E-state index contributed by atoms with van der Waals surface area (Å²) in [5.74, 6) is -2.44. The summed E-state index contributed by atoms with van der Waals surface area (Å²) in [5, 5.41) is 38.7. The average Bonchev–Trinajstić information content (AvgIpc) is 3.43. The predicted octanol–water partition coefficient (Wildman–Crippen LogP) is -0.124. The zero-order valence-corrected chi connectivity index (χ0v) is 18.3. The number of hydrogen-bond acceptors (Lipinski definition) is 7. The van der Waals surface area contributed by atoms with Crippen molar-refractivity contribution in [3.63, 3.8) is 0 Å². The highest BCUT2D eigenvalue weighted by molar-refractivity contribution is 6.44. The van der Waals surface area contributed by atoms with Crippen LogP contribution in [0.25, 0.3) is 0 Å². The number of ether oxygens (including phenoxy) is 2. The van der Waals surface area contributed by atoms with Crippen molar-refractivity contribution in [3.05, 3.63) is 23.3 Å². The van der Waals surface area contributed by atoms with Gasteiger partial charge in [-0.25, -0.2) is 4.79 Å². The summed E-state index contributed by atoms with van der Waals surface area (Å²) in [4.78, 5) is 26.0. The van der Waals surface area contributed by atoms with Crippen LogP contribution in [0.3, 0.4) is 0 Å². The highest BCUT2D eigenvalue weighted by Gasteiger charge is 2.48. The lowest BCUT2D eigenvalue weighted by Gasteiger charge is -2.41. The summed E-state index contributed by atoms with van der Waals surface area (Å²) in [6.45, 7) is 3.01. The van der Waals surface area contributed by atoms with Crippen LogP contribution in [0.1, 0.15) is 34.7 Å². The fourth-order valence-electron chi connectivity index (χ4n) is 4.60. The Balaban J connectivity index is 1.35. The monoisotopic (exact) mass is 449 g/mol. The van der Waals surface area contributed by atoms with Crippen molar-refractivity contribution in [1.29, 1.82) is 0 Å². The van der Waals surface area contributed by atoms with Crippen LogP contribution in [0.2, 0.25) is 5.82 Å². The molecule has 2 aliphatic heterocycles. The quantitative estimate of drug-likeness (QED) is 0.334. The van der Waals surface area contributed by atoms with E-state index < -0.39 is 24.7 Å². The fourth-order valence-corrected chi connectivity index (χ4v) is 4.60. The first kappa shape index (κ1) is 22.8. The number of amides is 1. The van der Waals surface area contributed by atoms with E-state index in [2.05, 4.69) is 14.1 Å². The molecule has 11 heteroatoms. The minimum Gasteiger partial charge on any atom is -0.507 e. The van der Waals surface area contributed by atoms with Gasteiger partial charge in [-0.3, -0.25) is 4.79 Å². The molecule has 10 nitrogen and oxygen atoms in total. The van der Waals surface area contributed by atoms with Crippen molar-refractivity contribution >= 4 is 19.0 Å². The second-order valence-corrected chi connectivity index (χ2v) is 9.68. The standard InChI is InChI=1S/C21H29BN2O8/c1-24(2)5-6-31-12(11-24)7-18(25)23-9-13(10-23)32-17-4-3-14(15-8-16(15)22(29)30)20(26)19(17)21(27)28/h3-4,12-13,15-16,29-30H,5-11H2,1-2H3,(H-,26,27,28)/p+1/t12-,15+,16+/m0/s1. The van der Waals surface area contributed by atoms with E-state index in [1.165, 1.54) is 6.07 Å². The van der Waals surface area contributed by atoms with Gasteiger partial charge in [0.15, 0.2) is 0 Å². The number of hydrogen-bond donors (Lipinski definition) is 4. The number of aromatic carboxylic acids is 1. The summed E-state index contributed by atoms with van der Waals surface area (Å²) in [6.07, 6.45) is 0.293. The smallest absolute Gasteiger partial charge is 0.455 e. The number of benzene rings is 1. The number of rotatable bonds is 7. The third-order valence-corrected chi connectivity index (χ3v) is 6.65. The van der Waals surface area contributed by atoms with Gasteiger partial charge < -0.3 is 39.1 Å². The Kier molecular flexibility index (Phi) is 6.10. The predicted molar refractivity (Wildman–Crippen MR) is 114 cm³/mol. The lowest BCUT2D eigenvalue weighted by atomic mass is 9.81. The van der Waals surface area contributed by atoms with Crippen LogP contribution in [-0.2, 0) is 9.53 Å². The second-order valence-electron chi connectivity index (χ2n) is 9.68. The maximum atomic E-state index is 12.6. The molecule has 1 aromatic rings. The van der Waals surface area contributed by atoms with Crippen LogP contribution < -0.4 is 4.74 Å². The van der Waals surface area contributed by atoms with Crippen LogP contribution in [0.15, 0.2) is 12.1 Å². The van der Waals surface area contributed by atoms with E-state index >= 15 is 0 Å². The van der Waals surface area contributed by atoms with Gasteiger partial charge in [-0.1, -0.05) is 6.07 Å². The largest absolute Gasteiger partial charge is 0.507 e. The van der Waals surface area contributed by atoms with Gasteiger partial charge in [-0.15, -0.1) is 0 Å². The molecular formula is C21H30BN2O8+. The summed E-state index contributed by atoms with van der Waals surface area (Å²) in [5.41, 5.74) is 0.0213. The van der Waals surface area contributed by atoms with Gasteiger partial charge in [-0.05, 0) is 24.0 Å². The number of quaternary nitrogens is 1. The molecule has 3 atom stereocenters. The molecule has 1 amide bonds. The number of phenols is 1. The molecule has 0 aromatic heterocycles. The van der Waals surface area contributed by atoms with Gasteiger partial charge in [0.05, 0.1) is 40.2 Å².